The number of hydrogen-bond donors (Lipinski definition) is 7. The number of carbonyl (C=O) groups excluding carboxylic acids is 4. The number of aliphatic hydroxyl groups is 3. The van der Waals surface area contributed by atoms with Crippen LogP contribution in [0.5, 0.6) is 0 Å². The first-order chi connectivity index (χ1) is 30.2. The van der Waals surface area contributed by atoms with Crippen molar-refractivity contribution in [3.8, 4) is 0 Å². The van der Waals surface area contributed by atoms with E-state index in [0.717, 1.165) is 0 Å². The second kappa shape index (κ2) is 25.4. The van der Waals surface area contributed by atoms with Crippen molar-refractivity contribution in [3.05, 3.63) is 35.9 Å². The Morgan fingerprint density at radius 3 is 2.06 bits per heavy atom. The van der Waals surface area contributed by atoms with Gasteiger partial charge in [-0.1, -0.05) is 85.2 Å². The third-order valence-electron chi connectivity index (χ3n) is 13.1. The number of nitrogens with zero attached hydrogens (tertiary/aromatic N) is 2. The number of benzene rings is 1. The van der Waals surface area contributed by atoms with Crippen molar-refractivity contribution >= 4 is 29.5 Å². The van der Waals surface area contributed by atoms with Crippen LogP contribution in [0.4, 0.5) is 0 Å². The zero-order chi connectivity index (χ0) is 48.2. The summed E-state index contributed by atoms with van der Waals surface area (Å²) in [6.07, 6.45) is -9.30. The number of hydrogen-bond acceptors (Lipinski definition) is 14. The molecule has 15 unspecified atom stereocenters. The number of ether oxygens (including phenoxy) is 4. The van der Waals surface area contributed by atoms with Crippen molar-refractivity contribution in [1.82, 2.24) is 25.8 Å². The largest absolute Gasteiger partial charge is 0.479 e. The molecule has 3 rings (SSSR count). The van der Waals surface area contributed by atoms with Crippen LogP contribution in [-0.2, 0) is 42.9 Å². The molecular weight excluding hydrogens is 831 g/mol. The lowest BCUT2D eigenvalue weighted by Crippen LogP contribution is -2.60. The van der Waals surface area contributed by atoms with Gasteiger partial charge in [0.1, 0.15) is 30.5 Å². The van der Waals surface area contributed by atoms with Crippen molar-refractivity contribution in [2.45, 2.75) is 160 Å². The van der Waals surface area contributed by atoms with Crippen LogP contribution in [0.3, 0.4) is 0 Å². The van der Waals surface area contributed by atoms with Gasteiger partial charge in [-0.15, -0.1) is 0 Å². The number of nitrogens with one attached hydrogen (secondary N) is 3. The number of carboxylic acid groups (broad SMARTS) is 1. The van der Waals surface area contributed by atoms with Crippen LogP contribution in [-0.4, -0.2) is 174 Å². The molecule has 0 aliphatic carbocycles. The minimum absolute atomic E-state index is 0.000255. The SMILES string of the molecule is CCC(C)C(C(CC(=O)N1CCCC1C(OC)C(C)C(=O)CNC(C)C(OC1OC(C(=O)O)C(O)C(O)C1O)c1ccccc1)OC)N(C)C(=O)C(NC(=O)C(NC)C(C)C)C(C)C. The van der Waals surface area contributed by atoms with E-state index in [4.69, 9.17) is 18.9 Å². The standard InChI is InChI=1S/C46H77N5O13/c1-13-26(6)36(50(10)44(58)35(25(4)5)49-43(57)34(47-9)24(2)3)32(61-11)22-33(53)51-21-17-20-30(51)40(62-12)27(7)31(52)23-48-28(8)41(29-18-15-14-16-19-29)63-46-39(56)37(54)38(55)42(64-46)45(59)60/h14-16,18-19,24-28,30,32,34-42,46-48,54-56H,13,17,20-23H2,1-12H3,(H,49,57)(H,59,60). The van der Waals surface area contributed by atoms with Crippen molar-refractivity contribution in [2.24, 2.45) is 23.7 Å². The third-order valence-corrected chi connectivity index (χ3v) is 13.1. The molecule has 0 radical (unpaired) electrons. The highest BCUT2D eigenvalue weighted by molar-refractivity contribution is 5.90. The summed E-state index contributed by atoms with van der Waals surface area (Å²) in [4.78, 5) is 70.9. The molecule has 18 nitrogen and oxygen atoms in total. The molecule has 0 spiro atoms. The van der Waals surface area contributed by atoms with Crippen LogP contribution in [0, 0.1) is 23.7 Å². The molecule has 2 aliphatic rings. The van der Waals surface area contributed by atoms with E-state index < -0.39 is 91.1 Å². The highest BCUT2D eigenvalue weighted by Crippen LogP contribution is 2.32. The van der Waals surface area contributed by atoms with Gasteiger partial charge in [0.2, 0.25) is 17.7 Å². The van der Waals surface area contributed by atoms with Crippen molar-refractivity contribution in [3.63, 3.8) is 0 Å². The molecule has 3 amide bonds. The first-order valence-electron chi connectivity index (χ1n) is 22.6. The highest BCUT2D eigenvalue weighted by Gasteiger charge is 2.49. The van der Waals surface area contributed by atoms with Gasteiger partial charge in [-0.3, -0.25) is 19.2 Å². The van der Waals surface area contributed by atoms with E-state index in [2.05, 4.69) is 16.0 Å². The van der Waals surface area contributed by atoms with Crippen LogP contribution in [0.15, 0.2) is 30.3 Å². The molecule has 1 aromatic rings. The number of likely N-dealkylation sites (N-methyl/N-ethyl adjacent to an activating group) is 2. The summed E-state index contributed by atoms with van der Waals surface area (Å²) >= 11 is 0. The van der Waals surface area contributed by atoms with Crippen LogP contribution in [0.25, 0.3) is 0 Å². The fourth-order valence-electron chi connectivity index (χ4n) is 9.05. The molecule has 15 atom stereocenters. The Balaban J connectivity index is 1.76. The highest BCUT2D eigenvalue weighted by atomic mass is 16.7. The molecule has 18 heteroatoms. The number of ketones is 1. The van der Waals surface area contributed by atoms with Gasteiger partial charge in [0.05, 0.1) is 43.3 Å². The summed E-state index contributed by atoms with van der Waals surface area (Å²) in [5.74, 6) is -3.45. The van der Waals surface area contributed by atoms with Crippen LogP contribution >= 0.6 is 0 Å². The molecule has 2 fully saturated rings. The Hall–Kier alpha value is -3.59. The second-order valence-electron chi connectivity index (χ2n) is 18.2. The van der Waals surface area contributed by atoms with Crippen LogP contribution in [0.1, 0.15) is 92.7 Å². The maximum Gasteiger partial charge on any atom is 0.335 e. The average molecular weight is 908 g/mol. The number of carboxylic acids is 1. The molecule has 2 heterocycles. The number of aliphatic hydroxyl groups excluding tert-OH is 3. The van der Waals surface area contributed by atoms with Crippen molar-refractivity contribution < 1.29 is 63.3 Å². The number of methoxy groups -OCH3 is 2. The van der Waals surface area contributed by atoms with Crippen LogP contribution in [0.2, 0.25) is 0 Å². The molecule has 364 valence electrons. The Bertz CT molecular complexity index is 1650. The zero-order valence-electron chi connectivity index (χ0n) is 39.8. The van der Waals surface area contributed by atoms with E-state index in [1.54, 1.807) is 68.1 Å². The molecule has 2 aliphatic heterocycles. The van der Waals surface area contributed by atoms with E-state index in [0.29, 0.717) is 31.4 Å². The molecule has 7 N–H and O–H groups in total. The summed E-state index contributed by atoms with van der Waals surface area (Å²) in [6.45, 7) is 15.4. The smallest absolute Gasteiger partial charge is 0.335 e. The molecule has 0 bridgehead atoms. The molecule has 0 aromatic heterocycles. The van der Waals surface area contributed by atoms with Gasteiger partial charge in [0.25, 0.3) is 0 Å². The Kier molecular flexibility index (Phi) is 21.7. The molecular formula is C46H77N5O13. The summed E-state index contributed by atoms with van der Waals surface area (Å²) in [7, 11) is 6.45. The predicted octanol–water partition coefficient (Wildman–Crippen LogP) is 1.49. The second-order valence-corrected chi connectivity index (χ2v) is 18.2. The number of carbonyl (C=O) groups is 5. The van der Waals surface area contributed by atoms with Gasteiger partial charge >= 0.3 is 5.97 Å². The summed E-state index contributed by atoms with van der Waals surface area (Å²) in [5, 5.41) is 50.0. The maximum atomic E-state index is 14.3. The van der Waals surface area contributed by atoms with E-state index in [1.807, 2.05) is 41.5 Å². The minimum Gasteiger partial charge on any atom is -0.479 e. The maximum absolute atomic E-state index is 14.3. The molecule has 0 saturated carbocycles. The Labute approximate surface area is 379 Å². The summed E-state index contributed by atoms with van der Waals surface area (Å²) < 4.78 is 23.5. The minimum atomic E-state index is -1.89. The lowest BCUT2D eigenvalue weighted by molar-refractivity contribution is -0.307. The van der Waals surface area contributed by atoms with Gasteiger partial charge < -0.3 is 65.1 Å². The monoisotopic (exact) mass is 908 g/mol. The summed E-state index contributed by atoms with van der Waals surface area (Å²) in [6, 6.07) is 5.96. The van der Waals surface area contributed by atoms with Crippen LogP contribution < -0.4 is 16.0 Å². The normalized spacial score (nSPS) is 25.7. The fourth-order valence-corrected chi connectivity index (χ4v) is 9.05. The van der Waals surface area contributed by atoms with Gasteiger partial charge in [0, 0.05) is 39.8 Å². The van der Waals surface area contributed by atoms with Crippen molar-refractivity contribution in [2.75, 3.05) is 41.4 Å². The van der Waals surface area contributed by atoms with E-state index in [-0.39, 0.29) is 54.2 Å². The van der Waals surface area contributed by atoms with Crippen molar-refractivity contribution in [1.29, 1.82) is 0 Å². The van der Waals surface area contributed by atoms with E-state index in [9.17, 15) is 44.4 Å². The topological polar surface area (TPSA) is 246 Å². The quantitative estimate of drug-likeness (QED) is 0.0735. The van der Waals surface area contributed by atoms with Gasteiger partial charge in [-0.25, -0.2) is 4.79 Å². The number of likely N-dealkylation sites (tertiary alicyclic amines) is 1. The van der Waals surface area contributed by atoms with E-state index >= 15 is 0 Å². The van der Waals surface area contributed by atoms with Gasteiger partial charge in [-0.05, 0) is 50.1 Å². The third kappa shape index (κ3) is 13.5. The number of rotatable bonds is 25. The Morgan fingerprint density at radius 2 is 1.53 bits per heavy atom. The first-order valence-corrected chi connectivity index (χ1v) is 22.6. The molecule has 64 heavy (non-hydrogen) atoms. The predicted molar refractivity (Wildman–Crippen MR) is 238 cm³/mol. The zero-order valence-corrected chi connectivity index (χ0v) is 39.8. The van der Waals surface area contributed by atoms with Gasteiger partial charge in [-0.2, -0.15) is 0 Å². The van der Waals surface area contributed by atoms with E-state index in [1.165, 1.54) is 14.2 Å². The Morgan fingerprint density at radius 1 is 0.906 bits per heavy atom. The summed E-state index contributed by atoms with van der Waals surface area (Å²) in [5.41, 5.74) is 0.609. The lowest BCUT2D eigenvalue weighted by Gasteiger charge is -2.41. The van der Waals surface area contributed by atoms with Gasteiger partial charge in [0.15, 0.2) is 18.2 Å². The number of aliphatic carboxylic acids is 1. The first kappa shape index (κ1) is 54.7. The molecule has 1 aromatic carbocycles. The number of Topliss-reactive ketones (excluding diaryl/α,β-unsaturated/α-hetero) is 1. The lowest BCUT2D eigenvalue weighted by atomic mass is 9.89. The average Bonchev–Trinajstić information content (AvgIpc) is 3.75. The molecule has 2 saturated heterocycles. The fraction of sp³-hybridized carbons (Fsp3) is 0.761. The number of amides is 3.